The summed E-state index contributed by atoms with van der Waals surface area (Å²) in [4.78, 5) is 2.78. The standard InChI is InChI=1S/C27H44N2O/c1-5-18-15-20-17-21(30)7-9-26(20,3)22-8-10-27(4)23(24(18)22)16-19(6-2)25(27)29-13-11-28-12-14-29/h15,18,21-24,28,30H,5-14,16-17H2,1-4H3/t18-,21-,22-,23-,24+,26-,27-/m0/s1. The normalized spacial score (nSPS) is 46.2. The third-order valence-corrected chi connectivity index (χ3v) is 10.3. The number of rotatable bonds is 3. The first-order valence-electron chi connectivity index (χ1n) is 13.0. The molecule has 0 radical (unpaired) electrons. The van der Waals surface area contributed by atoms with E-state index < -0.39 is 0 Å². The maximum Gasteiger partial charge on any atom is 0.0577 e. The molecule has 0 unspecified atom stereocenters. The van der Waals surface area contributed by atoms with Crippen LogP contribution >= 0.6 is 0 Å². The zero-order valence-electron chi connectivity index (χ0n) is 19.8. The molecular weight excluding hydrogens is 368 g/mol. The maximum absolute atomic E-state index is 10.4. The van der Waals surface area contributed by atoms with Gasteiger partial charge in [-0.3, -0.25) is 0 Å². The molecule has 30 heavy (non-hydrogen) atoms. The molecule has 1 saturated heterocycles. The van der Waals surface area contributed by atoms with Crippen molar-refractivity contribution in [2.24, 2.45) is 34.5 Å². The fourth-order valence-corrected chi connectivity index (χ4v) is 8.74. The van der Waals surface area contributed by atoms with Crippen LogP contribution in [0.3, 0.4) is 0 Å². The molecule has 1 aliphatic heterocycles. The van der Waals surface area contributed by atoms with Gasteiger partial charge in [-0.05, 0) is 80.5 Å². The third kappa shape index (κ3) is 2.98. The molecule has 3 nitrogen and oxygen atoms in total. The molecule has 0 aromatic rings. The molecule has 0 aromatic carbocycles. The van der Waals surface area contributed by atoms with Crippen molar-refractivity contribution in [2.75, 3.05) is 26.2 Å². The molecule has 5 rings (SSSR count). The first kappa shape index (κ1) is 21.1. The Labute approximate surface area is 184 Å². The summed E-state index contributed by atoms with van der Waals surface area (Å²) in [6.07, 6.45) is 12.3. The fraction of sp³-hybridized carbons (Fsp3) is 0.852. The number of fused-ring (bicyclic) bond motifs is 5. The van der Waals surface area contributed by atoms with Crippen LogP contribution in [0.25, 0.3) is 0 Å². The second kappa shape index (κ2) is 7.66. The summed E-state index contributed by atoms with van der Waals surface area (Å²) in [7, 11) is 0. The highest BCUT2D eigenvalue weighted by molar-refractivity contribution is 5.35. The van der Waals surface area contributed by atoms with Crippen molar-refractivity contribution in [1.82, 2.24) is 10.2 Å². The number of aliphatic hydroxyl groups excluding tert-OH is 1. The van der Waals surface area contributed by atoms with E-state index in [-0.39, 0.29) is 6.10 Å². The molecule has 168 valence electrons. The summed E-state index contributed by atoms with van der Waals surface area (Å²) >= 11 is 0. The van der Waals surface area contributed by atoms with Crippen LogP contribution in [-0.4, -0.2) is 42.3 Å². The van der Waals surface area contributed by atoms with Crippen molar-refractivity contribution >= 4 is 0 Å². The Bertz CT molecular complexity index is 735. The molecule has 0 aromatic heterocycles. The van der Waals surface area contributed by atoms with E-state index in [9.17, 15) is 5.11 Å². The van der Waals surface area contributed by atoms with Crippen LogP contribution in [-0.2, 0) is 0 Å². The lowest BCUT2D eigenvalue weighted by atomic mass is 9.45. The fourth-order valence-electron chi connectivity index (χ4n) is 8.74. The molecule has 0 spiro atoms. The minimum Gasteiger partial charge on any atom is -0.393 e. The number of piperazine rings is 1. The van der Waals surface area contributed by atoms with E-state index in [0.717, 1.165) is 43.7 Å². The summed E-state index contributed by atoms with van der Waals surface area (Å²) in [5.41, 5.74) is 5.86. The van der Waals surface area contributed by atoms with Crippen molar-refractivity contribution in [3.05, 3.63) is 22.9 Å². The predicted molar refractivity (Wildman–Crippen MR) is 124 cm³/mol. The Morgan fingerprint density at radius 3 is 2.47 bits per heavy atom. The minimum absolute atomic E-state index is 0.105. The van der Waals surface area contributed by atoms with E-state index >= 15 is 0 Å². The topological polar surface area (TPSA) is 35.5 Å². The lowest BCUT2D eigenvalue weighted by Gasteiger charge is -2.60. The molecular formula is C27H44N2O. The molecule has 0 amide bonds. The zero-order valence-corrected chi connectivity index (χ0v) is 19.8. The van der Waals surface area contributed by atoms with E-state index in [1.165, 1.54) is 51.6 Å². The van der Waals surface area contributed by atoms with Crippen LogP contribution in [0.5, 0.6) is 0 Å². The van der Waals surface area contributed by atoms with Crippen LogP contribution in [0.4, 0.5) is 0 Å². The van der Waals surface area contributed by atoms with Gasteiger partial charge < -0.3 is 15.3 Å². The highest BCUT2D eigenvalue weighted by Crippen LogP contribution is 2.67. The molecule has 7 atom stereocenters. The Morgan fingerprint density at radius 1 is 1.03 bits per heavy atom. The second-order valence-electron chi connectivity index (χ2n) is 11.6. The molecule has 4 aliphatic carbocycles. The first-order chi connectivity index (χ1) is 14.4. The monoisotopic (exact) mass is 412 g/mol. The SMILES string of the molecule is CCC1=C(N2CCNCC2)[C@@]2(C)CC[C@H]3[C@@H]([C@@H](CC)C=C4C[C@@H](O)CC[C@@]43C)[C@@H]2C1. The number of aliphatic hydroxyl groups is 1. The van der Waals surface area contributed by atoms with Crippen molar-refractivity contribution in [3.8, 4) is 0 Å². The quantitative estimate of drug-likeness (QED) is 0.631. The number of nitrogens with zero attached hydrogens (tertiary/aromatic N) is 1. The third-order valence-electron chi connectivity index (χ3n) is 10.3. The smallest absolute Gasteiger partial charge is 0.0577 e. The number of hydrogen-bond acceptors (Lipinski definition) is 3. The van der Waals surface area contributed by atoms with E-state index in [2.05, 4.69) is 44.0 Å². The summed E-state index contributed by atoms with van der Waals surface area (Å²) in [6.45, 7) is 14.7. The Hall–Kier alpha value is -0.800. The summed E-state index contributed by atoms with van der Waals surface area (Å²) < 4.78 is 0. The van der Waals surface area contributed by atoms with E-state index in [4.69, 9.17) is 0 Å². The molecule has 5 aliphatic rings. The minimum atomic E-state index is -0.105. The Balaban J connectivity index is 1.53. The summed E-state index contributed by atoms with van der Waals surface area (Å²) in [5, 5.41) is 14.0. The van der Waals surface area contributed by atoms with Gasteiger partial charge in [0, 0.05) is 37.3 Å². The number of nitrogens with one attached hydrogen (secondary N) is 1. The van der Waals surface area contributed by atoms with Crippen molar-refractivity contribution < 1.29 is 5.11 Å². The van der Waals surface area contributed by atoms with Crippen molar-refractivity contribution in [2.45, 2.75) is 85.2 Å². The van der Waals surface area contributed by atoms with Gasteiger partial charge in [-0.1, -0.05) is 44.9 Å². The van der Waals surface area contributed by atoms with Crippen LogP contribution in [0.15, 0.2) is 22.9 Å². The van der Waals surface area contributed by atoms with Crippen molar-refractivity contribution in [1.29, 1.82) is 0 Å². The van der Waals surface area contributed by atoms with Crippen LogP contribution < -0.4 is 5.32 Å². The van der Waals surface area contributed by atoms with Crippen LogP contribution in [0.2, 0.25) is 0 Å². The largest absolute Gasteiger partial charge is 0.393 e. The van der Waals surface area contributed by atoms with Gasteiger partial charge in [0.1, 0.15) is 0 Å². The van der Waals surface area contributed by atoms with Gasteiger partial charge in [-0.25, -0.2) is 0 Å². The molecule has 0 bridgehead atoms. The summed E-state index contributed by atoms with van der Waals surface area (Å²) in [6, 6.07) is 0. The van der Waals surface area contributed by atoms with Gasteiger partial charge in [0.15, 0.2) is 0 Å². The second-order valence-corrected chi connectivity index (χ2v) is 11.6. The molecule has 3 heteroatoms. The number of hydrogen-bond donors (Lipinski definition) is 2. The van der Waals surface area contributed by atoms with Gasteiger partial charge in [-0.15, -0.1) is 0 Å². The lowest BCUT2D eigenvalue weighted by Crippen LogP contribution is -2.54. The number of allylic oxidation sites excluding steroid dienone is 3. The maximum atomic E-state index is 10.4. The highest BCUT2D eigenvalue weighted by atomic mass is 16.3. The lowest BCUT2D eigenvalue weighted by molar-refractivity contribution is -0.0580. The highest BCUT2D eigenvalue weighted by Gasteiger charge is 2.60. The van der Waals surface area contributed by atoms with E-state index in [1.807, 2.05) is 0 Å². The van der Waals surface area contributed by atoms with Gasteiger partial charge in [0.2, 0.25) is 0 Å². The van der Waals surface area contributed by atoms with Crippen LogP contribution in [0, 0.1) is 34.5 Å². The summed E-state index contributed by atoms with van der Waals surface area (Å²) in [5.74, 6) is 3.14. The predicted octanol–water partition coefficient (Wildman–Crippen LogP) is 5.13. The first-order valence-corrected chi connectivity index (χ1v) is 13.0. The molecule has 2 N–H and O–H groups in total. The van der Waals surface area contributed by atoms with Gasteiger partial charge in [0.25, 0.3) is 0 Å². The molecule has 3 fully saturated rings. The zero-order chi connectivity index (χ0) is 21.1. The average molecular weight is 413 g/mol. The van der Waals surface area contributed by atoms with Gasteiger partial charge in [0.05, 0.1) is 6.10 Å². The Kier molecular flexibility index (Phi) is 5.38. The van der Waals surface area contributed by atoms with E-state index in [1.54, 1.807) is 16.8 Å². The van der Waals surface area contributed by atoms with Crippen molar-refractivity contribution in [3.63, 3.8) is 0 Å². The molecule has 1 heterocycles. The van der Waals surface area contributed by atoms with Crippen LogP contribution in [0.1, 0.15) is 79.1 Å². The average Bonchev–Trinajstić information content (AvgIpc) is 3.06. The molecule has 2 saturated carbocycles. The van der Waals surface area contributed by atoms with E-state index in [0.29, 0.717) is 16.7 Å². The Morgan fingerprint density at radius 2 is 1.77 bits per heavy atom. The van der Waals surface area contributed by atoms with Gasteiger partial charge in [-0.2, -0.15) is 0 Å². The van der Waals surface area contributed by atoms with Gasteiger partial charge >= 0.3 is 0 Å².